The van der Waals surface area contributed by atoms with E-state index in [2.05, 4.69) is 22.9 Å². The molecule has 1 aliphatic rings. The van der Waals surface area contributed by atoms with E-state index in [0.717, 1.165) is 28.6 Å². The molecular formula is C15H21BrO2. The molecule has 1 aromatic carbocycles. The van der Waals surface area contributed by atoms with Crippen molar-refractivity contribution in [2.45, 2.75) is 45.1 Å². The van der Waals surface area contributed by atoms with Crippen LogP contribution in [0, 0.1) is 5.41 Å². The lowest BCUT2D eigenvalue weighted by molar-refractivity contribution is 0.00812. The summed E-state index contributed by atoms with van der Waals surface area (Å²) in [4.78, 5) is 0. The second-order valence-corrected chi connectivity index (χ2v) is 6.37. The summed E-state index contributed by atoms with van der Waals surface area (Å²) in [5.41, 5.74) is 0.999. The number of aliphatic hydroxyl groups excluding tert-OH is 1. The Morgan fingerprint density at radius 3 is 2.50 bits per heavy atom. The van der Waals surface area contributed by atoms with E-state index in [1.807, 2.05) is 18.2 Å². The van der Waals surface area contributed by atoms with Crippen LogP contribution in [0.15, 0.2) is 22.7 Å². The van der Waals surface area contributed by atoms with E-state index in [4.69, 9.17) is 4.74 Å². The number of benzene rings is 1. The third-order valence-corrected chi connectivity index (χ3v) is 4.77. The number of aliphatic hydroxyl groups is 1. The molecule has 2 nitrogen and oxygen atoms in total. The quantitative estimate of drug-likeness (QED) is 0.892. The highest BCUT2D eigenvalue weighted by molar-refractivity contribution is 9.10. The Hall–Kier alpha value is -0.540. The highest BCUT2D eigenvalue weighted by Gasteiger charge is 2.35. The van der Waals surface area contributed by atoms with Crippen LogP contribution in [-0.4, -0.2) is 12.2 Å². The van der Waals surface area contributed by atoms with Crippen molar-refractivity contribution in [1.29, 1.82) is 0 Å². The fourth-order valence-electron chi connectivity index (χ4n) is 2.89. The summed E-state index contributed by atoms with van der Waals surface area (Å²) in [7, 11) is 1.65. The van der Waals surface area contributed by atoms with Gasteiger partial charge in [0.05, 0.1) is 17.7 Å². The number of methoxy groups -OCH3 is 1. The monoisotopic (exact) mass is 312 g/mol. The molecule has 1 unspecified atom stereocenters. The van der Waals surface area contributed by atoms with Crippen molar-refractivity contribution in [2.75, 3.05) is 7.11 Å². The number of halogens is 1. The van der Waals surface area contributed by atoms with Gasteiger partial charge in [-0.1, -0.05) is 32.3 Å². The minimum Gasteiger partial charge on any atom is -0.496 e. The van der Waals surface area contributed by atoms with Gasteiger partial charge < -0.3 is 9.84 Å². The van der Waals surface area contributed by atoms with E-state index in [0.29, 0.717) is 0 Å². The SMILES string of the molecule is COc1ccc(C(O)C2(C)CCCCC2)cc1Br. The number of rotatable bonds is 3. The molecule has 0 aliphatic heterocycles. The summed E-state index contributed by atoms with van der Waals surface area (Å²) in [5.74, 6) is 0.805. The standard InChI is InChI=1S/C15H21BrO2/c1-15(8-4-3-5-9-15)14(17)11-6-7-13(18-2)12(16)10-11/h6-7,10,14,17H,3-5,8-9H2,1-2H3. The molecule has 0 saturated heterocycles. The molecule has 1 aliphatic carbocycles. The molecule has 1 saturated carbocycles. The van der Waals surface area contributed by atoms with E-state index in [9.17, 15) is 5.11 Å². The van der Waals surface area contributed by atoms with Gasteiger partial charge in [0, 0.05) is 0 Å². The molecular weight excluding hydrogens is 292 g/mol. The normalized spacial score (nSPS) is 20.4. The second kappa shape index (κ2) is 5.62. The van der Waals surface area contributed by atoms with Crippen molar-refractivity contribution in [2.24, 2.45) is 5.41 Å². The van der Waals surface area contributed by atoms with E-state index in [-0.39, 0.29) is 11.5 Å². The third-order valence-electron chi connectivity index (χ3n) is 4.15. The number of hydrogen-bond acceptors (Lipinski definition) is 2. The average Bonchev–Trinajstić information content (AvgIpc) is 2.38. The van der Waals surface area contributed by atoms with Crippen LogP contribution in [0.1, 0.15) is 50.7 Å². The molecule has 1 atom stereocenters. The van der Waals surface area contributed by atoms with Gasteiger partial charge in [0.1, 0.15) is 5.75 Å². The summed E-state index contributed by atoms with van der Waals surface area (Å²) >= 11 is 3.48. The molecule has 2 rings (SSSR count). The van der Waals surface area contributed by atoms with Crippen LogP contribution in [0.4, 0.5) is 0 Å². The van der Waals surface area contributed by atoms with Crippen LogP contribution in [-0.2, 0) is 0 Å². The zero-order valence-corrected chi connectivity index (χ0v) is 12.7. The van der Waals surface area contributed by atoms with Crippen LogP contribution in [0.2, 0.25) is 0 Å². The van der Waals surface area contributed by atoms with Gasteiger partial charge in [-0.25, -0.2) is 0 Å². The Kier molecular flexibility index (Phi) is 4.33. The molecule has 1 N–H and O–H groups in total. The van der Waals surface area contributed by atoms with Crippen molar-refractivity contribution in [3.05, 3.63) is 28.2 Å². The summed E-state index contributed by atoms with van der Waals surface area (Å²) < 4.78 is 6.13. The van der Waals surface area contributed by atoms with Crippen LogP contribution in [0.3, 0.4) is 0 Å². The molecule has 0 amide bonds. The first kappa shape index (κ1) is 13.9. The van der Waals surface area contributed by atoms with E-state index in [1.54, 1.807) is 7.11 Å². The Morgan fingerprint density at radius 1 is 1.28 bits per heavy atom. The highest BCUT2D eigenvalue weighted by atomic mass is 79.9. The summed E-state index contributed by atoms with van der Waals surface area (Å²) in [6, 6.07) is 5.85. The van der Waals surface area contributed by atoms with Crippen LogP contribution >= 0.6 is 15.9 Å². The van der Waals surface area contributed by atoms with Crippen LogP contribution in [0.5, 0.6) is 5.75 Å². The van der Waals surface area contributed by atoms with Gasteiger partial charge >= 0.3 is 0 Å². The van der Waals surface area contributed by atoms with Crippen molar-refractivity contribution >= 4 is 15.9 Å². The molecule has 100 valence electrons. The van der Waals surface area contributed by atoms with Gasteiger partial charge in [-0.2, -0.15) is 0 Å². The molecule has 0 aromatic heterocycles. The number of hydrogen-bond donors (Lipinski definition) is 1. The van der Waals surface area contributed by atoms with Gasteiger partial charge in [-0.15, -0.1) is 0 Å². The lowest BCUT2D eigenvalue weighted by Crippen LogP contribution is -2.28. The Bertz CT molecular complexity index is 411. The van der Waals surface area contributed by atoms with Crippen molar-refractivity contribution in [3.63, 3.8) is 0 Å². The van der Waals surface area contributed by atoms with Gasteiger partial charge in [0.15, 0.2) is 0 Å². The van der Waals surface area contributed by atoms with E-state index in [1.165, 1.54) is 19.3 Å². The predicted octanol–water partition coefficient (Wildman–Crippen LogP) is 4.46. The molecule has 3 heteroatoms. The van der Waals surface area contributed by atoms with Crippen molar-refractivity contribution < 1.29 is 9.84 Å². The topological polar surface area (TPSA) is 29.5 Å². The minimum absolute atomic E-state index is 0.0201. The Morgan fingerprint density at radius 2 is 1.94 bits per heavy atom. The first-order chi connectivity index (χ1) is 8.57. The summed E-state index contributed by atoms with van der Waals surface area (Å²) in [6.07, 6.45) is 5.58. The van der Waals surface area contributed by atoms with Gasteiger partial charge in [-0.05, 0) is 51.9 Å². The van der Waals surface area contributed by atoms with Gasteiger partial charge in [0.25, 0.3) is 0 Å². The predicted molar refractivity (Wildman–Crippen MR) is 76.8 cm³/mol. The van der Waals surface area contributed by atoms with E-state index >= 15 is 0 Å². The maximum Gasteiger partial charge on any atom is 0.133 e. The molecule has 1 fully saturated rings. The summed E-state index contributed by atoms with van der Waals surface area (Å²) in [5, 5.41) is 10.6. The zero-order chi connectivity index (χ0) is 13.2. The lowest BCUT2D eigenvalue weighted by atomic mass is 9.70. The largest absolute Gasteiger partial charge is 0.496 e. The molecule has 18 heavy (non-hydrogen) atoms. The molecule has 0 bridgehead atoms. The first-order valence-electron chi connectivity index (χ1n) is 6.58. The third kappa shape index (κ3) is 2.72. The Labute approximate surface area is 117 Å². The van der Waals surface area contributed by atoms with Crippen LogP contribution < -0.4 is 4.74 Å². The van der Waals surface area contributed by atoms with Crippen LogP contribution in [0.25, 0.3) is 0 Å². The molecule has 0 radical (unpaired) electrons. The fraction of sp³-hybridized carbons (Fsp3) is 0.600. The maximum absolute atomic E-state index is 10.6. The zero-order valence-electron chi connectivity index (χ0n) is 11.1. The average molecular weight is 313 g/mol. The molecule has 1 aromatic rings. The smallest absolute Gasteiger partial charge is 0.133 e. The first-order valence-corrected chi connectivity index (χ1v) is 7.38. The summed E-state index contributed by atoms with van der Waals surface area (Å²) in [6.45, 7) is 2.20. The lowest BCUT2D eigenvalue weighted by Gasteiger charge is -2.38. The highest BCUT2D eigenvalue weighted by Crippen LogP contribution is 2.46. The van der Waals surface area contributed by atoms with E-state index < -0.39 is 0 Å². The van der Waals surface area contributed by atoms with Crippen molar-refractivity contribution in [3.8, 4) is 5.75 Å². The number of ether oxygens (including phenoxy) is 1. The minimum atomic E-state index is -0.389. The maximum atomic E-state index is 10.6. The molecule has 0 heterocycles. The molecule has 0 spiro atoms. The fourth-order valence-corrected chi connectivity index (χ4v) is 3.45. The van der Waals surface area contributed by atoms with Crippen molar-refractivity contribution in [1.82, 2.24) is 0 Å². The van der Waals surface area contributed by atoms with Gasteiger partial charge in [-0.3, -0.25) is 0 Å². The second-order valence-electron chi connectivity index (χ2n) is 5.51. The Balaban J connectivity index is 2.22. The van der Waals surface area contributed by atoms with Gasteiger partial charge in [0.2, 0.25) is 0 Å².